The predicted octanol–water partition coefficient (Wildman–Crippen LogP) is -0.386. The lowest BCUT2D eigenvalue weighted by molar-refractivity contribution is -0.156. The van der Waals surface area contributed by atoms with Gasteiger partial charge in [0, 0.05) is 0 Å². The SMILES string of the molecule is C[C@H](OC(=O)CN1C(=O)N[C@@]2(CCCC[C@@H]2C)C1=O)C(=O)NC(N)=O. The van der Waals surface area contributed by atoms with Crippen LogP contribution in [0.1, 0.15) is 39.5 Å². The van der Waals surface area contributed by atoms with Crippen molar-refractivity contribution in [2.45, 2.75) is 51.2 Å². The Balaban J connectivity index is 1.99. The highest BCUT2D eigenvalue weighted by Crippen LogP contribution is 2.38. The maximum absolute atomic E-state index is 12.7. The molecule has 138 valence electrons. The monoisotopic (exact) mass is 354 g/mol. The molecule has 0 unspecified atom stereocenters. The molecule has 10 nitrogen and oxygen atoms in total. The van der Waals surface area contributed by atoms with Gasteiger partial charge in [0.15, 0.2) is 6.10 Å². The van der Waals surface area contributed by atoms with Crippen LogP contribution >= 0.6 is 0 Å². The highest BCUT2D eigenvalue weighted by atomic mass is 16.5. The number of rotatable bonds is 4. The van der Waals surface area contributed by atoms with Crippen LogP contribution in [-0.4, -0.2) is 52.9 Å². The fourth-order valence-corrected chi connectivity index (χ4v) is 3.28. The molecule has 0 aromatic carbocycles. The lowest BCUT2D eigenvalue weighted by Crippen LogP contribution is -2.54. The first-order valence-corrected chi connectivity index (χ1v) is 8.11. The van der Waals surface area contributed by atoms with Gasteiger partial charge in [-0.05, 0) is 25.7 Å². The highest BCUT2D eigenvalue weighted by Gasteiger charge is 2.55. The number of hydrogen-bond acceptors (Lipinski definition) is 6. The Labute approximate surface area is 144 Å². The van der Waals surface area contributed by atoms with E-state index in [2.05, 4.69) is 5.32 Å². The van der Waals surface area contributed by atoms with Crippen molar-refractivity contribution in [1.82, 2.24) is 15.5 Å². The Morgan fingerprint density at radius 1 is 1.40 bits per heavy atom. The van der Waals surface area contributed by atoms with E-state index in [-0.39, 0.29) is 5.92 Å². The zero-order chi connectivity index (χ0) is 18.8. The largest absolute Gasteiger partial charge is 0.451 e. The minimum Gasteiger partial charge on any atom is -0.451 e. The zero-order valence-electron chi connectivity index (χ0n) is 14.2. The molecule has 4 N–H and O–H groups in total. The van der Waals surface area contributed by atoms with E-state index in [9.17, 15) is 24.0 Å². The molecule has 2 aliphatic rings. The Morgan fingerprint density at radius 3 is 2.68 bits per heavy atom. The maximum atomic E-state index is 12.7. The molecule has 0 aromatic heterocycles. The quantitative estimate of drug-likeness (QED) is 0.463. The summed E-state index contributed by atoms with van der Waals surface area (Å²) in [6.45, 7) is 2.54. The van der Waals surface area contributed by atoms with Crippen LogP contribution in [0.15, 0.2) is 0 Å². The van der Waals surface area contributed by atoms with Crippen molar-refractivity contribution in [2.75, 3.05) is 6.54 Å². The first-order chi connectivity index (χ1) is 11.7. The van der Waals surface area contributed by atoms with Gasteiger partial charge in [0.05, 0.1) is 0 Å². The third kappa shape index (κ3) is 3.72. The number of esters is 1. The molecule has 0 bridgehead atoms. The summed E-state index contributed by atoms with van der Waals surface area (Å²) in [6, 6.07) is -1.72. The minimum absolute atomic E-state index is 0.0287. The third-order valence-electron chi connectivity index (χ3n) is 4.71. The summed E-state index contributed by atoms with van der Waals surface area (Å²) in [7, 11) is 0. The molecule has 0 aromatic rings. The van der Waals surface area contributed by atoms with Crippen molar-refractivity contribution in [1.29, 1.82) is 0 Å². The van der Waals surface area contributed by atoms with Crippen molar-refractivity contribution in [3.8, 4) is 0 Å². The number of carbonyl (C=O) groups excluding carboxylic acids is 5. The number of urea groups is 2. The van der Waals surface area contributed by atoms with Crippen LogP contribution in [0, 0.1) is 5.92 Å². The van der Waals surface area contributed by atoms with Gasteiger partial charge in [-0.1, -0.05) is 19.8 Å². The number of nitrogens with two attached hydrogens (primary N) is 1. The number of amides is 6. The van der Waals surface area contributed by atoms with E-state index in [4.69, 9.17) is 10.5 Å². The smallest absolute Gasteiger partial charge is 0.327 e. The Bertz CT molecular complexity index is 621. The molecule has 1 spiro atoms. The lowest BCUT2D eigenvalue weighted by Gasteiger charge is -2.36. The fourth-order valence-electron chi connectivity index (χ4n) is 3.28. The summed E-state index contributed by atoms with van der Waals surface area (Å²) in [4.78, 5) is 59.7. The predicted molar refractivity (Wildman–Crippen MR) is 83.9 cm³/mol. The molecule has 25 heavy (non-hydrogen) atoms. The first kappa shape index (κ1) is 18.7. The molecule has 1 saturated heterocycles. The summed E-state index contributed by atoms with van der Waals surface area (Å²) in [5.74, 6) is -2.30. The maximum Gasteiger partial charge on any atom is 0.327 e. The molecule has 2 fully saturated rings. The molecular formula is C15H22N4O6. The van der Waals surface area contributed by atoms with Gasteiger partial charge in [-0.25, -0.2) is 9.59 Å². The molecule has 10 heteroatoms. The van der Waals surface area contributed by atoms with Gasteiger partial charge in [-0.15, -0.1) is 0 Å². The standard InChI is InChI=1S/C15H22N4O6/c1-8-5-3-4-6-15(8)12(22)19(14(24)18-15)7-10(20)25-9(2)11(21)17-13(16)23/h8-9H,3-7H2,1-2H3,(H,18,24)(H3,16,17,21,23)/t8-,9-,15+/m0/s1. The number of primary amides is 1. The fraction of sp³-hybridized carbons (Fsp3) is 0.667. The molecule has 2 rings (SSSR count). The Morgan fingerprint density at radius 2 is 2.08 bits per heavy atom. The van der Waals surface area contributed by atoms with E-state index in [0.717, 1.165) is 24.2 Å². The van der Waals surface area contributed by atoms with Gasteiger partial charge in [0.1, 0.15) is 12.1 Å². The van der Waals surface area contributed by atoms with Crippen molar-refractivity contribution in [3.63, 3.8) is 0 Å². The van der Waals surface area contributed by atoms with Crippen LogP contribution in [0.3, 0.4) is 0 Å². The van der Waals surface area contributed by atoms with E-state index >= 15 is 0 Å². The average Bonchev–Trinajstić information content (AvgIpc) is 2.75. The summed E-state index contributed by atoms with van der Waals surface area (Å²) in [6.07, 6.45) is 1.86. The second kappa shape index (κ2) is 7.08. The number of nitrogens with one attached hydrogen (secondary N) is 2. The lowest BCUT2D eigenvalue weighted by atomic mass is 9.73. The van der Waals surface area contributed by atoms with Crippen molar-refractivity contribution < 1.29 is 28.7 Å². The van der Waals surface area contributed by atoms with Crippen molar-refractivity contribution in [3.05, 3.63) is 0 Å². The van der Waals surface area contributed by atoms with E-state index < -0.39 is 48.0 Å². The summed E-state index contributed by atoms with van der Waals surface area (Å²) in [5.41, 5.74) is 3.84. The minimum atomic E-state index is -1.29. The van der Waals surface area contributed by atoms with Crippen LogP contribution in [0.25, 0.3) is 0 Å². The summed E-state index contributed by atoms with van der Waals surface area (Å²) < 4.78 is 4.84. The van der Waals surface area contributed by atoms with E-state index in [1.165, 1.54) is 6.92 Å². The highest BCUT2D eigenvalue weighted by molar-refractivity contribution is 6.09. The third-order valence-corrected chi connectivity index (χ3v) is 4.71. The van der Waals surface area contributed by atoms with Crippen LogP contribution in [0.4, 0.5) is 9.59 Å². The number of nitrogens with zero attached hydrogens (tertiary/aromatic N) is 1. The van der Waals surface area contributed by atoms with Gasteiger partial charge < -0.3 is 15.8 Å². The molecule has 6 amide bonds. The molecule has 1 aliphatic heterocycles. The van der Waals surface area contributed by atoms with E-state index in [1.54, 1.807) is 5.32 Å². The van der Waals surface area contributed by atoms with Crippen molar-refractivity contribution in [2.24, 2.45) is 11.7 Å². The Hall–Kier alpha value is -2.65. The molecule has 1 aliphatic carbocycles. The average molecular weight is 354 g/mol. The number of carbonyl (C=O) groups is 5. The van der Waals surface area contributed by atoms with Gasteiger partial charge in [0.25, 0.3) is 11.8 Å². The molecular weight excluding hydrogens is 332 g/mol. The number of hydrogen-bond donors (Lipinski definition) is 3. The van der Waals surface area contributed by atoms with Gasteiger partial charge in [-0.2, -0.15) is 0 Å². The topological polar surface area (TPSA) is 148 Å². The molecule has 1 saturated carbocycles. The van der Waals surface area contributed by atoms with Gasteiger partial charge in [0.2, 0.25) is 0 Å². The second-order valence-electron chi connectivity index (χ2n) is 6.43. The second-order valence-corrected chi connectivity index (χ2v) is 6.43. The molecule has 1 heterocycles. The Kier molecular flexibility index (Phi) is 5.29. The van der Waals surface area contributed by atoms with Gasteiger partial charge >= 0.3 is 18.0 Å². The summed E-state index contributed by atoms with van der Waals surface area (Å²) in [5, 5.41) is 4.49. The van der Waals surface area contributed by atoms with Crippen LogP contribution in [0.5, 0.6) is 0 Å². The number of imide groups is 2. The number of ether oxygens (including phenoxy) is 1. The van der Waals surface area contributed by atoms with Gasteiger partial charge in [-0.3, -0.25) is 24.6 Å². The van der Waals surface area contributed by atoms with Crippen LogP contribution < -0.4 is 16.4 Å². The van der Waals surface area contributed by atoms with Crippen molar-refractivity contribution >= 4 is 29.8 Å². The van der Waals surface area contributed by atoms with Crippen LogP contribution in [-0.2, 0) is 19.1 Å². The molecule has 3 atom stereocenters. The summed E-state index contributed by atoms with van der Waals surface area (Å²) >= 11 is 0. The first-order valence-electron chi connectivity index (χ1n) is 8.11. The zero-order valence-corrected chi connectivity index (χ0v) is 14.2. The van der Waals surface area contributed by atoms with E-state index in [0.29, 0.717) is 6.42 Å². The normalized spacial score (nSPS) is 27.0. The van der Waals surface area contributed by atoms with E-state index in [1.807, 2.05) is 6.92 Å². The van der Waals surface area contributed by atoms with Crippen LogP contribution in [0.2, 0.25) is 0 Å². The molecule has 0 radical (unpaired) electrons.